The van der Waals surface area contributed by atoms with E-state index < -0.39 is 18.1 Å². The van der Waals surface area contributed by atoms with Gasteiger partial charge in [-0.3, -0.25) is 9.59 Å². The summed E-state index contributed by atoms with van der Waals surface area (Å²) in [7, 11) is 0. The fourth-order valence-corrected chi connectivity index (χ4v) is 3.03. The molecule has 0 spiro atoms. The molecule has 9 heteroatoms. The number of carbonyl (C=O) groups excluding carboxylic acids is 2. The van der Waals surface area contributed by atoms with Crippen molar-refractivity contribution < 1.29 is 27.5 Å². The van der Waals surface area contributed by atoms with E-state index in [2.05, 4.69) is 15.0 Å². The number of rotatable bonds is 2. The number of Topliss-reactive ketones (excluding diaryl/α,β-unsaturated/α-hetero) is 1. The van der Waals surface area contributed by atoms with Gasteiger partial charge in [0.05, 0.1) is 12.1 Å². The van der Waals surface area contributed by atoms with E-state index in [4.69, 9.17) is 0 Å². The smallest absolute Gasteiger partial charge is 0.388 e. The van der Waals surface area contributed by atoms with Crippen LogP contribution in [0.2, 0.25) is 0 Å². The number of carbonyl (C=O) groups is 2. The molecular formula is C14H14F3N3O3. The third-order valence-corrected chi connectivity index (χ3v) is 3.87. The van der Waals surface area contributed by atoms with E-state index in [-0.39, 0.29) is 36.4 Å². The van der Waals surface area contributed by atoms with Crippen LogP contribution in [0, 0.1) is 0 Å². The Hall–Kier alpha value is -2.16. The van der Waals surface area contributed by atoms with Gasteiger partial charge in [0.15, 0.2) is 0 Å². The molecule has 0 aliphatic carbocycles. The molecule has 3 heterocycles. The maximum Gasteiger partial charge on any atom is 0.574 e. The second kappa shape index (κ2) is 5.80. The lowest BCUT2D eigenvalue weighted by Gasteiger charge is -2.45. The summed E-state index contributed by atoms with van der Waals surface area (Å²) in [5.74, 6) is -1.07. The van der Waals surface area contributed by atoms with E-state index >= 15 is 0 Å². The van der Waals surface area contributed by atoms with Crippen molar-refractivity contribution in [3.63, 3.8) is 0 Å². The molecule has 1 N–H and O–H groups in total. The van der Waals surface area contributed by atoms with E-state index in [1.54, 1.807) is 4.90 Å². The fourth-order valence-electron chi connectivity index (χ4n) is 3.03. The number of halogens is 3. The summed E-state index contributed by atoms with van der Waals surface area (Å²) in [6.07, 6.45) is -4.38. The van der Waals surface area contributed by atoms with Crippen LogP contribution in [0.4, 0.5) is 13.2 Å². The lowest BCUT2D eigenvalue weighted by molar-refractivity contribution is -0.276. The van der Waals surface area contributed by atoms with Crippen LogP contribution in [0.5, 0.6) is 5.88 Å². The van der Waals surface area contributed by atoms with Crippen LogP contribution in [-0.4, -0.2) is 53.1 Å². The Labute approximate surface area is 129 Å². The quantitative estimate of drug-likeness (QED) is 0.881. The molecule has 2 bridgehead atoms. The summed E-state index contributed by atoms with van der Waals surface area (Å²) in [5, 5.41) is 3.15. The van der Waals surface area contributed by atoms with Gasteiger partial charge >= 0.3 is 6.36 Å². The Morgan fingerprint density at radius 1 is 1.26 bits per heavy atom. The molecule has 0 saturated carbocycles. The zero-order valence-electron chi connectivity index (χ0n) is 12.0. The van der Waals surface area contributed by atoms with Crippen LogP contribution in [0.3, 0.4) is 0 Å². The van der Waals surface area contributed by atoms with Crippen LogP contribution >= 0.6 is 0 Å². The highest BCUT2D eigenvalue weighted by molar-refractivity contribution is 5.95. The second-order valence-electron chi connectivity index (χ2n) is 5.53. The highest BCUT2D eigenvalue weighted by Gasteiger charge is 2.41. The van der Waals surface area contributed by atoms with Crippen LogP contribution in [-0.2, 0) is 4.79 Å². The number of nitrogens with zero attached hydrogens (tertiary/aromatic N) is 2. The van der Waals surface area contributed by atoms with E-state index in [1.165, 1.54) is 12.1 Å². The first-order valence-electron chi connectivity index (χ1n) is 7.11. The van der Waals surface area contributed by atoms with Crippen molar-refractivity contribution in [3.05, 3.63) is 23.9 Å². The topological polar surface area (TPSA) is 71.5 Å². The molecule has 6 nitrogen and oxygen atoms in total. The van der Waals surface area contributed by atoms with Gasteiger partial charge in [0.2, 0.25) is 5.88 Å². The number of ether oxygens (including phenoxy) is 1. The lowest BCUT2D eigenvalue weighted by atomic mass is 9.91. The highest BCUT2D eigenvalue weighted by atomic mass is 19.4. The summed E-state index contributed by atoms with van der Waals surface area (Å²) < 4.78 is 40.5. The zero-order valence-corrected chi connectivity index (χ0v) is 12.0. The molecule has 2 fully saturated rings. The molecule has 2 aliphatic rings. The number of ketones is 1. The summed E-state index contributed by atoms with van der Waals surface area (Å²) in [5.41, 5.74) is -0.127. The molecule has 1 aromatic rings. The van der Waals surface area contributed by atoms with Gasteiger partial charge in [0, 0.05) is 32.0 Å². The maximum atomic E-state index is 12.6. The molecule has 1 aromatic heterocycles. The third kappa shape index (κ3) is 3.44. The molecule has 2 saturated heterocycles. The number of piperazine rings is 1. The SMILES string of the molecule is O=C1CC2CNCC(C1)N2C(=O)c1cccc(OC(F)(F)F)n1. The van der Waals surface area contributed by atoms with Gasteiger partial charge in [-0.1, -0.05) is 6.07 Å². The van der Waals surface area contributed by atoms with Crippen molar-refractivity contribution in [2.75, 3.05) is 13.1 Å². The predicted molar refractivity (Wildman–Crippen MR) is 71.8 cm³/mol. The monoisotopic (exact) mass is 329 g/mol. The zero-order chi connectivity index (χ0) is 16.6. The van der Waals surface area contributed by atoms with Crippen LogP contribution < -0.4 is 10.1 Å². The summed E-state index contributed by atoms with van der Waals surface area (Å²) in [4.78, 5) is 29.5. The summed E-state index contributed by atoms with van der Waals surface area (Å²) in [6, 6.07) is 3.06. The van der Waals surface area contributed by atoms with Gasteiger partial charge < -0.3 is 15.0 Å². The van der Waals surface area contributed by atoms with Crippen LogP contribution in [0.15, 0.2) is 18.2 Å². The number of piperidine rings is 1. The highest BCUT2D eigenvalue weighted by Crippen LogP contribution is 2.26. The molecule has 0 aromatic carbocycles. The predicted octanol–water partition coefficient (Wildman–Crippen LogP) is 1.13. The molecule has 2 aliphatic heterocycles. The van der Waals surface area contributed by atoms with Gasteiger partial charge in [-0.05, 0) is 6.07 Å². The van der Waals surface area contributed by atoms with Crippen LogP contribution in [0.1, 0.15) is 23.3 Å². The number of hydrogen-bond acceptors (Lipinski definition) is 5. The van der Waals surface area contributed by atoms with Gasteiger partial charge in [-0.2, -0.15) is 0 Å². The Morgan fingerprint density at radius 3 is 2.52 bits per heavy atom. The Kier molecular flexibility index (Phi) is 3.97. The lowest BCUT2D eigenvalue weighted by Crippen LogP contribution is -2.63. The molecule has 23 heavy (non-hydrogen) atoms. The molecule has 0 radical (unpaired) electrons. The Morgan fingerprint density at radius 2 is 1.91 bits per heavy atom. The standard InChI is InChI=1S/C14H14F3N3O3/c15-14(16,17)23-12-3-1-2-11(19-12)13(22)20-8-4-10(21)5-9(20)7-18-6-8/h1-3,8-9,18H,4-7H2. The van der Waals surface area contributed by atoms with E-state index in [0.29, 0.717) is 13.1 Å². The maximum absolute atomic E-state index is 12.6. The summed E-state index contributed by atoms with van der Waals surface area (Å²) >= 11 is 0. The number of nitrogens with one attached hydrogen (secondary N) is 1. The van der Waals surface area contributed by atoms with Gasteiger partial charge in [-0.25, -0.2) is 4.98 Å². The average molecular weight is 329 g/mol. The number of fused-ring (bicyclic) bond motifs is 2. The molecule has 3 rings (SSSR count). The van der Waals surface area contributed by atoms with Gasteiger partial charge in [-0.15, -0.1) is 13.2 Å². The van der Waals surface area contributed by atoms with E-state index in [0.717, 1.165) is 6.07 Å². The molecule has 124 valence electrons. The minimum Gasteiger partial charge on any atom is -0.388 e. The molecular weight excluding hydrogens is 315 g/mol. The van der Waals surface area contributed by atoms with Gasteiger partial charge in [0.1, 0.15) is 11.5 Å². The average Bonchev–Trinajstić information content (AvgIpc) is 2.44. The molecule has 2 atom stereocenters. The first kappa shape index (κ1) is 15.7. The largest absolute Gasteiger partial charge is 0.574 e. The second-order valence-corrected chi connectivity index (χ2v) is 5.53. The number of alkyl halides is 3. The first-order valence-corrected chi connectivity index (χ1v) is 7.11. The van der Waals surface area contributed by atoms with Crippen molar-refractivity contribution in [1.29, 1.82) is 0 Å². The van der Waals surface area contributed by atoms with Crippen molar-refractivity contribution in [1.82, 2.24) is 15.2 Å². The van der Waals surface area contributed by atoms with E-state index in [1.807, 2.05) is 0 Å². The van der Waals surface area contributed by atoms with Crippen LogP contribution in [0.25, 0.3) is 0 Å². The number of amides is 1. The Balaban J connectivity index is 1.83. The van der Waals surface area contributed by atoms with E-state index in [9.17, 15) is 22.8 Å². The minimum absolute atomic E-state index is 0.0904. The van der Waals surface area contributed by atoms with Crippen molar-refractivity contribution in [3.8, 4) is 5.88 Å². The Bertz CT molecular complexity index is 619. The first-order chi connectivity index (χ1) is 10.8. The number of pyridine rings is 1. The molecule has 2 unspecified atom stereocenters. The van der Waals surface area contributed by atoms with Gasteiger partial charge in [0.25, 0.3) is 5.91 Å². The third-order valence-electron chi connectivity index (χ3n) is 3.87. The normalized spacial score (nSPS) is 24.5. The number of hydrogen-bond donors (Lipinski definition) is 1. The minimum atomic E-state index is -4.87. The number of aromatic nitrogens is 1. The summed E-state index contributed by atoms with van der Waals surface area (Å²) in [6.45, 7) is 0.958. The van der Waals surface area contributed by atoms with Crippen molar-refractivity contribution in [2.45, 2.75) is 31.3 Å². The fraction of sp³-hybridized carbons (Fsp3) is 0.500. The van der Waals surface area contributed by atoms with Crippen molar-refractivity contribution in [2.24, 2.45) is 0 Å². The molecule has 1 amide bonds. The van der Waals surface area contributed by atoms with Crippen molar-refractivity contribution >= 4 is 11.7 Å².